The Hall–Kier alpha value is -5.41. The van der Waals surface area contributed by atoms with Gasteiger partial charge in [-0.2, -0.15) is 0 Å². The lowest BCUT2D eigenvalue weighted by molar-refractivity contribution is -0.263. The fourth-order valence-electron chi connectivity index (χ4n) is 10.7. The highest BCUT2D eigenvalue weighted by Crippen LogP contribution is 2.66. The Labute approximate surface area is 355 Å². The van der Waals surface area contributed by atoms with Crippen LogP contribution in [0.4, 0.5) is 0 Å². The number of esters is 6. The van der Waals surface area contributed by atoms with Gasteiger partial charge in [-0.05, 0) is 44.3 Å². The second-order valence-corrected chi connectivity index (χ2v) is 17.3. The second-order valence-electron chi connectivity index (χ2n) is 17.3. The van der Waals surface area contributed by atoms with Crippen LogP contribution in [0.2, 0.25) is 0 Å². The Morgan fingerprint density at radius 1 is 0.803 bits per heavy atom. The lowest BCUT2D eigenvalue weighted by Crippen LogP contribution is -2.74. The number of ether oxygens (including phenoxy) is 7. The van der Waals surface area contributed by atoms with Crippen molar-refractivity contribution in [3.05, 3.63) is 83.9 Å². The number of nitrogens with zero attached hydrogens (tertiary/aromatic N) is 1. The van der Waals surface area contributed by atoms with E-state index in [1.165, 1.54) is 19.1 Å². The van der Waals surface area contributed by atoms with Gasteiger partial charge in [0.15, 0.2) is 11.9 Å². The van der Waals surface area contributed by atoms with Crippen LogP contribution in [0, 0.1) is 28.6 Å². The maximum absolute atomic E-state index is 14.4. The molecule has 2 aromatic carbocycles. The maximum Gasteiger partial charge on any atom is 0.338 e. The largest absolute Gasteiger partial charge is 0.462 e. The lowest BCUT2D eigenvalue weighted by atomic mass is 9.45. The lowest BCUT2D eigenvalue weighted by Gasteiger charge is -2.62. The van der Waals surface area contributed by atoms with Crippen molar-refractivity contribution in [2.75, 3.05) is 27.3 Å². The minimum atomic E-state index is -1.98. The van der Waals surface area contributed by atoms with Crippen LogP contribution in [0.25, 0.3) is 0 Å². The van der Waals surface area contributed by atoms with Gasteiger partial charge in [-0.25, -0.2) is 4.79 Å². The first kappa shape index (κ1) is 45.1. The summed E-state index contributed by atoms with van der Waals surface area (Å²) in [5.74, 6) is -8.34. The van der Waals surface area contributed by atoms with E-state index in [1.807, 2.05) is 56.3 Å². The normalized spacial score (nSPS) is 33.2. The molecule has 12 atom stereocenters. The second kappa shape index (κ2) is 17.5. The molecular weight excluding hydrogens is 790 g/mol. The molecule has 1 unspecified atom stereocenters. The predicted octanol–water partition coefficient (Wildman–Crippen LogP) is 4.75. The SMILES string of the molecule is C=C1[C@@H](OC(=O)C[C@H](c2ccccc2)N(C)C)C[C@H](OC(C)=O)[C@@]2(COC(=O)c3ccccc3)[C@@H](OC(C)=O)[C@H](OC(C)=O)C3[C@@]4(C)OC[C@]3(C)[C@@H](CC4=O)[C@@H](OC(C)=O)[C@H]12. The van der Waals surface area contributed by atoms with Crippen LogP contribution < -0.4 is 0 Å². The monoisotopic (exact) mass is 845 g/mol. The summed E-state index contributed by atoms with van der Waals surface area (Å²) in [5.41, 5.74) is -3.53. The predicted molar refractivity (Wildman–Crippen MR) is 215 cm³/mol. The molecule has 15 heteroatoms. The molecule has 6 rings (SSSR count). The quantitative estimate of drug-likeness (QED) is 0.162. The number of fused-ring (bicyclic) bond motifs is 1. The highest BCUT2D eigenvalue weighted by Gasteiger charge is 2.77. The highest BCUT2D eigenvalue weighted by molar-refractivity contribution is 5.90. The summed E-state index contributed by atoms with van der Waals surface area (Å²) in [4.78, 5) is 97.8. The van der Waals surface area contributed by atoms with E-state index in [0.29, 0.717) is 0 Å². The third-order valence-electron chi connectivity index (χ3n) is 13.2. The van der Waals surface area contributed by atoms with Crippen molar-refractivity contribution in [3.8, 4) is 0 Å². The smallest absolute Gasteiger partial charge is 0.338 e. The molecule has 0 spiro atoms. The van der Waals surface area contributed by atoms with Gasteiger partial charge in [0.1, 0.15) is 36.6 Å². The van der Waals surface area contributed by atoms with E-state index in [4.69, 9.17) is 33.2 Å². The Bertz CT molecular complexity index is 2050. The third kappa shape index (κ3) is 8.46. The summed E-state index contributed by atoms with van der Waals surface area (Å²) < 4.78 is 43.8. The average Bonchev–Trinajstić information content (AvgIpc) is 3.42. The van der Waals surface area contributed by atoms with E-state index in [2.05, 4.69) is 6.58 Å². The summed E-state index contributed by atoms with van der Waals surface area (Å²) in [6, 6.07) is 17.0. The number of rotatable bonds is 12. The van der Waals surface area contributed by atoms with Crippen molar-refractivity contribution in [1.29, 1.82) is 0 Å². The van der Waals surface area contributed by atoms with Gasteiger partial charge in [-0.3, -0.25) is 28.8 Å². The Morgan fingerprint density at radius 3 is 1.95 bits per heavy atom. The van der Waals surface area contributed by atoms with E-state index in [-0.39, 0.29) is 42.8 Å². The van der Waals surface area contributed by atoms with E-state index >= 15 is 0 Å². The molecule has 1 heterocycles. The summed E-state index contributed by atoms with van der Waals surface area (Å²) >= 11 is 0. The Morgan fingerprint density at radius 2 is 1.38 bits per heavy atom. The molecule has 0 N–H and O–H groups in total. The van der Waals surface area contributed by atoms with Crippen LogP contribution in [0.1, 0.15) is 82.8 Å². The van der Waals surface area contributed by atoms with Crippen molar-refractivity contribution in [2.24, 2.45) is 28.6 Å². The van der Waals surface area contributed by atoms with E-state index in [1.54, 1.807) is 25.1 Å². The van der Waals surface area contributed by atoms with E-state index in [9.17, 15) is 33.6 Å². The van der Waals surface area contributed by atoms with Crippen LogP contribution in [0.15, 0.2) is 72.8 Å². The van der Waals surface area contributed by atoms with Crippen molar-refractivity contribution in [1.82, 2.24) is 4.90 Å². The molecule has 1 aliphatic heterocycles. The van der Waals surface area contributed by atoms with Crippen LogP contribution in [0.5, 0.6) is 0 Å². The molecule has 3 saturated carbocycles. The maximum atomic E-state index is 14.4. The summed E-state index contributed by atoms with van der Waals surface area (Å²) in [6.45, 7) is 11.8. The molecule has 2 aromatic rings. The molecule has 0 amide bonds. The fraction of sp³-hybridized carbons (Fsp3) is 0.543. The van der Waals surface area contributed by atoms with Gasteiger partial charge < -0.3 is 38.1 Å². The standard InChI is InChI=1S/C46H55NO14/c1-25-34(61-37(53)21-33(47(8)9)30-16-12-10-13-17-30)22-36(57-26(2)48)46(24-55-43(54)31-18-14-11-15-19-31)38(25)39(58-27(3)49)32-20-35(52)45(7)41(44(32,6)23-56-45)40(59-28(4)50)42(46)60-29(5)51/h10-19,32-34,36,38-42H,1,20-24H2,2-9H3/t32-,33+,34-,36-,38-,39+,40+,41?,42-,44+,45-,46+/m0/s1. The zero-order valence-corrected chi connectivity index (χ0v) is 35.9. The molecule has 4 bridgehead atoms. The zero-order valence-electron chi connectivity index (χ0n) is 35.9. The first-order valence-corrected chi connectivity index (χ1v) is 20.4. The zero-order chi connectivity index (χ0) is 44.6. The molecule has 4 aliphatic rings. The van der Waals surface area contributed by atoms with Gasteiger partial charge in [-0.15, -0.1) is 0 Å². The van der Waals surface area contributed by atoms with Gasteiger partial charge in [0.05, 0.1) is 24.0 Å². The van der Waals surface area contributed by atoms with Crippen molar-refractivity contribution in [3.63, 3.8) is 0 Å². The summed E-state index contributed by atoms with van der Waals surface area (Å²) in [6.07, 6.45) is -7.81. The fourth-order valence-corrected chi connectivity index (χ4v) is 10.7. The summed E-state index contributed by atoms with van der Waals surface area (Å²) in [5, 5.41) is 0. The molecule has 15 nitrogen and oxygen atoms in total. The Kier molecular flexibility index (Phi) is 13.0. The van der Waals surface area contributed by atoms with Crippen molar-refractivity contribution in [2.45, 2.75) is 103 Å². The van der Waals surface area contributed by atoms with Gasteiger partial charge in [-0.1, -0.05) is 62.0 Å². The molecule has 3 aliphatic carbocycles. The summed E-state index contributed by atoms with van der Waals surface area (Å²) in [7, 11) is 3.66. The number of carbonyl (C=O) groups is 7. The molecule has 0 aromatic heterocycles. The van der Waals surface area contributed by atoms with E-state index < -0.39 is 113 Å². The molecule has 1 saturated heterocycles. The molecule has 4 fully saturated rings. The molecule has 0 radical (unpaired) electrons. The number of Topliss-reactive ketones (excluding diaryl/α,β-unsaturated/α-hetero) is 1. The molecular formula is C46H55NO14. The average molecular weight is 846 g/mol. The van der Waals surface area contributed by atoms with Crippen LogP contribution in [-0.2, 0) is 61.9 Å². The number of ketones is 1. The number of hydrogen-bond acceptors (Lipinski definition) is 15. The first-order chi connectivity index (χ1) is 28.7. The first-order valence-electron chi connectivity index (χ1n) is 20.4. The van der Waals surface area contributed by atoms with Gasteiger partial charge in [0, 0.05) is 69.7 Å². The minimum Gasteiger partial charge on any atom is -0.462 e. The van der Waals surface area contributed by atoms with Crippen molar-refractivity contribution >= 4 is 41.6 Å². The Balaban J connectivity index is 1.60. The topological polar surface area (TPSA) is 187 Å². The van der Waals surface area contributed by atoms with Gasteiger partial charge in [0.25, 0.3) is 0 Å². The van der Waals surface area contributed by atoms with Gasteiger partial charge in [0.2, 0.25) is 0 Å². The molecule has 328 valence electrons. The highest BCUT2D eigenvalue weighted by atomic mass is 16.6. The minimum absolute atomic E-state index is 0.0563. The van der Waals surface area contributed by atoms with Crippen LogP contribution in [0.3, 0.4) is 0 Å². The van der Waals surface area contributed by atoms with E-state index in [0.717, 1.165) is 26.3 Å². The van der Waals surface area contributed by atoms with Gasteiger partial charge >= 0.3 is 35.8 Å². The van der Waals surface area contributed by atoms with Crippen LogP contribution in [-0.4, -0.2) is 110 Å². The number of carbonyl (C=O) groups excluding carboxylic acids is 7. The number of hydrogen-bond donors (Lipinski definition) is 0. The van der Waals surface area contributed by atoms with Crippen molar-refractivity contribution < 1.29 is 66.7 Å². The van der Waals surface area contributed by atoms with Crippen LogP contribution >= 0.6 is 0 Å². The molecule has 61 heavy (non-hydrogen) atoms. The number of benzene rings is 2. The third-order valence-corrected chi connectivity index (χ3v) is 13.2.